The predicted octanol–water partition coefficient (Wildman–Crippen LogP) is 2.83. The Morgan fingerprint density at radius 2 is 2.06 bits per heavy atom. The van der Waals surface area contributed by atoms with Crippen LogP contribution in [0.5, 0.6) is 0 Å². The van der Waals surface area contributed by atoms with Gasteiger partial charge in [-0.25, -0.2) is 0 Å². The molecule has 0 amide bonds. The van der Waals surface area contributed by atoms with E-state index in [4.69, 9.17) is 4.74 Å². The minimum Gasteiger partial charge on any atom is -0.461 e. The Balaban J connectivity index is 3.39. The maximum atomic E-state index is 11.1. The van der Waals surface area contributed by atoms with Crippen LogP contribution in [-0.4, -0.2) is 23.8 Å². The predicted molar refractivity (Wildman–Crippen MR) is 65.2 cm³/mol. The molecule has 0 aromatic rings. The summed E-state index contributed by atoms with van der Waals surface area (Å²) < 4.78 is 4.79. The zero-order valence-corrected chi connectivity index (χ0v) is 10.3. The highest BCUT2D eigenvalue weighted by Crippen LogP contribution is 2.09. The van der Waals surface area contributed by atoms with Crippen molar-refractivity contribution in [3.8, 4) is 0 Å². The van der Waals surface area contributed by atoms with E-state index < -0.39 is 6.10 Å². The summed E-state index contributed by atoms with van der Waals surface area (Å²) in [6, 6.07) is 0. The third-order valence-electron chi connectivity index (χ3n) is 2.41. The molecule has 0 aliphatic carbocycles. The van der Waals surface area contributed by atoms with Gasteiger partial charge in [-0.05, 0) is 6.42 Å². The fourth-order valence-corrected chi connectivity index (χ4v) is 1.49. The average molecular weight is 228 g/mol. The van der Waals surface area contributed by atoms with E-state index in [-0.39, 0.29) is 19.0 Å². The van der Waals surface area contributed by atoms with Crippen molar-refractivity contribution in [1.29, 1.82) is 0 Å². The van der Waals surface area contributed by atoms with E-state index >= 15 is 0 Å². The Labute approximate surface area is 98.5 Å². The lowest BCUT2D eigenvalue weighted by atomic mass is 10.1. The van der Waals surface area contributed by atoms with Gasteiger partial charge in [0.15, 0.2) is 0 Å². The maximum absolute atomic E-state index is 11.1. The smallest absolute Gasteiger partial charge is 0.308 e. The van der Waals surface area contributed by atoms with Crippen LogP contribution in [0.1, 0.15) is 51.9 Å². The zero-order chi connectivity index (χ0) is 12.2. The number of unbranched alkanes of at least 4 members (excludes halogenated alkanes) is 4. The molecule has 0 rings (SSSR count). The van der Waals surface area contributed by atoms with Crippen molar-refractivity contribution >= 4 is 5.97 Å². The lowest BCUT2D eigenvalue weighted by Gasteiger charge is -2.09. The van der Waals surface area contributed by atoms with Gasteiger partial charge < -0.3 is 9.84 Å². The molecule has 0 heterocycles. The lowest BCUT2D eigenvalue weighted by molar-refractivity contribution is -0.144. The number of carbonyl (C=O) groups excluding carboxylic acids is 1. The van der Waals surface area contributed by atoms with E-state index in [1.807, 2.05) is 0 Å². The summed E-state index contributed by atoms with van der Waals surface area (Å²) in [7, 11) is 0. The van der Waals surface area contributed by atoms with Crippen molar-refractivity contribution in [3.63, 3.8) is 0 Å². The van der Waals surface area contributed by atoms with Crippen molar-refractivity contribution in [3.05, 3.63) is 12.7 Å². The summed E-state index contributed by atoms with van der Waals surface area (Å²) in [4.78, 5) is 11.1. The molecule has 0 aromatic carbocycles. The van der Waals surface area contributed by atoms with Gasteiger partial charge in [0.05, 0.1) is 12.5 Å². The summed E-state index contributed by atoms with van der Waals surface area (Å²) in [6.45, 7) is 5.85. The number of aliphatic hydroxyl groups is 1. The minimum atomic E-state index is -0.557. The Hall–Kier alpha value is -0.830. The fourth-order valence-electron chi connectivity index (χ4n) is 1.49. The number of hydrogen-bond acceptors (Lipinski definition) is 3. The third kappa shape index (κ3) is 9.71. The molecule has 0 saturated carbocycles. The SMILES string of the molecule is C=CCOC(=O)C[C@H](O)CCCCCCC. The molecule has 0 aromatic heterocycles. The van der Waals surface area contributed by atoms with Crippen LogP contribution in [-0.2, 0) is 9.53 Å². The van der Waals surface area contributed by atoms with Gasteiger partial charge >= 0.3 is 5.97 Å². The summed E-state index contributed by atoms with van der Waals surface area (Å²) in [5.74, 6) is -0.346. The zero-order valence-electron chi connectivity index (χ0n) is 10.3. The molecule has 0 aliphatic rings. The van der Waals surface area contributed by atoms with Crippen LogP contribution in [0.25, 0.3) is 0 Å². The Kier molecular flexibility index (Phi) is 10.1. The highest BCUT2D eigenvalue weighted by atomic mass is 16.5. The lowest BCUT2D eigenvalue weighted by Crippen LogP contribution is -2.15. The van der Waals surface area contributed by atoms with Crippen LogP contribution in [0, 0.1) is 0 Å². The highest BCUT2D eigenvalue weighted by Gasteiger charge is 2.10. The number of ether oxygens (including phenoxy) is 1. The molecule has 0 unspecified atom stereocenters. The van der Waals surface area contributed by atoms with Crippen LogP contribution >= 0.6 is 0 Å². The first-order chi connectivity index (χ1) is 7.70. The highest BCUT2D eigenvalue weighted by molar-refractivity contribution is 5.69. The number of esters is 1. The minimum absolute atomic E-state index is 0.0988. The molecule has 1 atom stereocenters. The molecule has 0 fully saturated rings. The summed E-state index contributed by atoms with van der Waals surface area (Å²) in [5, 5.41) is 9.55. The van der Waals surface area contributed by atoms with Gasteiger partial charge in [0, 0.05) is 0 Å². The fraction of sp³-hybridized carbons (Fsp3) is 0.769. The van der Waals surface area contributed by atoms with Crippen LogP contribution < -0.4 is 0 Å². The molecule has 3 nitrogen and oxygen atoms in total. The Bertz CT molecular complexity index is 190. The first-order valence-electron chi connectivity index (χ1n) is 6.15. The van der Waals surface area contributed by atoms with E-state index in [0.717, 1.165) is 12.8 Å². The van der Waals surface area contributed by atoms with Crippen LogP contribution in [0.3, 0.4) is 0 Å². The summed E-state index contributed by atoms with van der Waals surface area (Å²) in [6.07, 6.45) is 7.54. The number of carbonyl (C=O) groups is 1. The van der Waals surface area contributed by atoms with E-state index in [9.17, 15) is 9.90 Å². The maximum Gasteiger partial charge on any atom is 0.308 e. The number of hydrogen-bond donors (Lipinski definition) is 1. The van der Waals surface area contributed by atoms with Gasteiger partial charge in [0.25, 0.3) is 0 Å². The second-order valence-corrected chi connectivity index (χ2v) is 4.03. The van der Waals surface area contributed by atoms with Gasteiger partial charge in [0.2, 0.25) is 0 Å². The molecule has 1 N–H and O–H groups in total. The first-order valence-corrected chi connectivity index (χ1v) is 6.15. The molecule has 0 aliphatic heterocycles. The van der Waals surface area contributed by atoms with Crippen molar-refractivity contribution < 1.29 is 14.6 Å². The molecular formula is C13H24O3. The van der Waals surface area contributed by atoms with Crippen molar-refractivity contribution in [1.82, 2.24) is 0 Å². The Morgan fingerprint density at radius 3 is 2.69 bits per heavy atom. The number of rotatable bonds is 10. The van der Waals surface area contributed by atoms with Gasteiger partial charge in [-0.2, -0.15) is 0 Å². The second kappa shape index (κ2) is 10.7. The van der Waals surface area contributed by atoms with E-state index in [1.165, 1.54) is 25.3 Å². The molecule has 0 bridgehead atoms. The largest absolute Gasteiger partial charge is 0.461 e. The van der Waals surface area contributed by atoms with E-state index in [2.05, 4.69) is 13.5 Å². The van der Waals surface area contributed by atoms with Gasteiger partial charge in [0.1, 0.15) is 6.61 Å². The summed E-state index contributed by atoms with van der Waals surface area (Å²) >= 11 is 0. The molecule has 94 valence electrons. The van der Waals surface area contributed by atoms with Crippen LogP contribution in [0.2, 0.25) is 0 Å². The molecule has 16 heavy (non-hydrogen) atoms. The topological polar surface area (TPSA) is 46.5 Å². The van der Waals surface area contributed by atoms with Gasteiger partial charge in [-0.15, -0.1) is 0 Å². The van der Waals surface area contributed by atoms with Crippen LogP contribution in [0.4, 0.5) is 0 Å². The monoisotopic (exact) mass is 228 g/mol. The van der Waals surface area contributed by atoms with Crippen LogP contribution in [0.15, 0.2) is 12.7 Å². The first kappa shape index (κ1) is 15.2. The normalized spacial score (nSPS) is 12.1. The van der Waals surface area contributed by atoms with Crippen molar-refractivity contribution in [2.75, 3.05) is 6.61 Å². The standard InChI is InChI=1S/C13H24O3/c1-3-5-6-7-8-9-12(14)11-13(15)16-10-4-2/h4,12,14H,2-3,5-11H2,1H3/t12-/m1/s1. The van der Waals surface area contributed by atoms with E-state index in [0.29, 0.717) is 6.42 Å². The van der Waals surface area contributed by atoms with Gasteiger partial charge in [-0.3, -0.25) is 4.79 Å². The molecule has 0 spiro atoms. The molecule has 3 heteroatoms. The molecule has 0 radical (unpaired) electrons. The average Bonchev–Trinajstić information content (AvgIpc) is 2.26. The Morgan fingerprint density at radius 1 is 1.38 bits per heavy atom. The molecule has 0 saturated heterocycles. The van der Waals surface area contributed by atoms with Crippen molar-refractivity contribution in [2.24, 2.45) is 0 Å². The summed E-state index contributed by atoms with van der Waals surface area (Å²) in [5.41, 5.74) is 0. The van der Waals surface area contributed by atoms with E-state index in [1.54, 1.807) is 0 Å². The molecular weight excluding hydrogens is 204 g/mol. The van der Waals surface area contributed by atoms with Gasteiger partial charge in [-0.1, -0.05) is 51.7 Å². The second-order valence-electron chi connectivity index (χ2n) is 4.03. The quantitative estimate of drug-likeness (QED) is 0.355. The third-order valence-corrected chi connectivity index (χ3v) is 2.41. The van der Waals surface area contributed by atoms with Crippen molar-refractivity contribution in [2.45, 2.75) is 58.0 Å². The number of aliphatic hydroxyl groups excluding tert-OH is 1.